The third-order valence-electron chi connectivity index (χ3n) is 7.80. The fourth-order valence-electron chi connectivity index (χ4n) is 6.72. The molecule has 28 heavy (non-hydrogen) atoms. The monoisotopic (exact) mass is 380 g/mol. The number of hydrogen-bond donors (Lipinski definition) is 0. The Morgan fingerprint density at radius 1 is 1.14 bits per heavy atom. The first-order valence-corrected chi connectivity index (χ1v) is 10.9. The minimum Gasteiger partial charge on any atom is -0.493 e. The second-order valence-electron chi connectivity index (χ2n) is 9.05. The summed E-state index contributed by atoms with van der Waals surface area (Å²) in [5, 5.41) is 0.646. The minimum atomic E-state index is 0.129. The highest BCUT2D eigenvalue weighted by Crippen LogP contribution is 2.47. The van der Waals surface area contributed by atoms with Crippen molar-refractivity contribution in [3.63, 3.8) is 0 Å². The van der Waals surface area contributed by atoms with Gasteiger partial charge < -0.3 is 14.1 Å². The quantitative estimate of drug-likeness (QED) is 0.759. The van der Waals surface area contributed by atoms with Gasteiger partial charge in [-0.25, -0.2) is 0 Å². The van der Waals surface area contributed by atoms with Crippen LogP contribution in [0.5, 0.6) is 5.75 Å². The molecule has 1 aromatic heterocycles. The second-order valence-corrected chi connectivity index (χ2v) is 9.05. The van der Waals surface area contributed by atoms with Crippen molar-refractivity contribution in [2.24, 2.45) is 11.8 Å². The van der Waals surface area contributed by atoms with Gasteiger partial charge in [-0.3, -0.25) is 9.69 Å². The molecule has 0 amide bonds. The third kappa shape index (κ3) is 2.25. The summed E-state index contributed by atoms with van der Waals surface area (Å²) in [5.74, 6) is 2.88. The molecule has 0 spiro atoms. The Kier molecular flexibility index (Phi) is 3.77. The lowest BCUT2D eigenvalue weighted by molar-refractivity contribution is -0.0153. The van der Waals surface area contributed by atoms with E-state index < -0.39 is 0 Å². The van der Waals surface area contributed by atoms with Gasteiger partial charge in [-0.2, -0.15) is 0 Å². The Bertz CT molecular complexity index is 982. The first kappa shape index (κ1) is 16.9. The molecular formula is C23H28N2O3. The molecule has 2 aromatic rings. The van der Waals surface area contributed by atoms with Crippen molar-refractivity contribution < 1.29 is 9.15 Å². The van der Waals surface area contributed by atoms with Crippen molar-refractivity contribution in [1.82, 2.24) is 4.90 Å². The Morgan fingerprint density at radius 3 is 2.86 bits per heavy atom. The Balaban J connectivity index is 1.49. The first-order chi connectivity index (χ1) is 13.8. The third-order valence-corrected chi connectivity index (χ3v) is 7.80. The maximum Gasteiger partial charge on any atom is 0.203 e. The summed E-state index contributed by atoms with van der Waals surface area (Å²) in [7, 11) is 1.64. The topological polar surface area (TPSA) is 45.9 Å². The fraction of sp³-hybridized carbons (Fsp3) is 0.609. The van der Waals surface area contributed by atoms with Crippen LogP contribution < -0.4 is 15.1 Å². The van der Waals surface area contributed by atoms with Gasteiger partial charge in [0.25, 0.3) is 0 Å². The number of methoxy groups -OCH3 is 1. The van der Waals surface area contributed by atoms with E-state index in [1.54, 1.807) is 7.11 Å². The molecule has 5 heteroatoms. The Morgan fingerprint density at radius 2 is 2.00 bits per heavy atom. The average molecular weight is 380 g/mol. The predicted molar refractivity (Wildman–Crippen MR) is 109 cm³/mol. The summed E-state index contributed by atoms with van der Waals surface area (Å²) in [5.41, 5.74) is 1.61. The molecular weight excluding hydrogens is 352 g/mol. The highest BCUT2D eigenvalue weighted by Gasteiger charge is 2.50. The number of piperidine rings is 3. The van der Waals surface area contributed by atoms with E-state index in [0.29, 0.717) is 34.6 Å². The highest BCUT2D eigenvalue weighted by atomic mass is 16.5. The molecule has 148 valence electrons. The predicted octanol–water partition coefficient (Wildman–Crippen LogP) is 3.43. The number of rotatable bonds is 1. The number of anilines is 1. The lowest BCUT2D eigenvalue weighted by atomic mass is 9.68. The zero-order valence-corrected chi connectivity index (χ0v) is 16.5. The van der Waals surface area contributed by atoms with E-state index in [-0.39, 0.29) is 5.43 Å². The lowest BCUT2D eigenvalue weighted by Gasteiger charge is -2.58. The molecule has 1 aromatic carbocycles. The summed E-state index contributed by atoms with van der Waals surface area (Å²) < 4.78 is 12.0. The van der Waals surface area contributed by atoms with Crippen molar-refractivity contribution in [3.8, 4) is 5.75 Å². The van der Waals surface area contributed by atoms with Gasteiger partial charge in [0.05, 0.1) is 18.1 Å². The first-order valence-electron chi connectivity index (χ1n) is 10.9. The molecule has 3 saturated heterocycles. The molecule has 3 fully saturated rings. The van der Waals surface area contributed by atoms with Crippen LogP contribution in [0.15, 0.2) is 27.4 Å². The number of benzene rings is 1. The van der Waals surface area contributed by atoms with Crippen LogP contribution in [-0.4, -0.2) is 43.7 Å². The fourth-order valence-corrected chi connectivity index (χ4v) is 6.72. The molecule has 6 rings (SSSR count). The van der Waals surface area contributed by atoms with Gasteiger partial charge in [0, 0.05) is 18.6 Å². The average Bonchev–Trinajstić information content (AvgIpc) is 2.74. The SMILES string of the molecule is COc1cccc2c(=O)c3c(oc12)N1C[C@@H]2CCCN4CCC[C@@H]([C@H]24)[C@H]1CC3. The van der Waals surface area contributed by atoms with Crippen LogP contribution in [0.2, 0.25) is 0 Å². The van der Waals surface area contributed by atoms with Crippen molar-refractivity contribution in [3.05, 3.63) is 34.0 Å². The molecule has 0 N–H and O–H groups in total. The highest BCUT2D eigenvalue weighted by molar-refractivity contribution is 5.84. The van der Waals surface area contributed by atoms with Gasteiger partial charge in [0.2, 0.25) is 5.88 Å². The number of para-hydroxylation sites is 1. The van der Waals surface area contributed by atoms with Gasteiger partial charge in [0.15, 0.2) is 16.8 Å². The van der Waals surface area contributed by atoms with Crippen molar-refractivity contribution in [2.45, 2.75) is 50.6 Å². The molecule has 5 nitrogen and oxygen atoms in total. The second kappa shape index (κ2) is 6.24. The minimum absolute atomic E-state index is 0.129. The van der Waals surface area contributed by atoms with E-state index in [1.165, 1.54) is 38.8 Å². The van der Waals surface area contributed by atoms with E-state index in [4.69, 9.17) is 9.15 Å². The van der Waals surface area contributed by atoms with Crippen LogP contribution in [0.1, 0.15) is 37.7 Å². The number of hydrogen-bond acceptors (Lipinski definition) is 5. The normalized spacial score (nSPS) is 31.8. The smallest absolute Gasteiger partial charge is 0.203 e. The van der Waals surface area contributed by atoms with Crippen LogP contribution in [-0.2, 0) is 6.42 Å². The summed E-state index contributed by atoms with van der Waals surface area (Å²) in [6.07, 6.45) is 7.14. The molecule has 0 unspecified atom stereocenters. The standard InChI is InChI=1S/C23H28N2O3/c1-27-19-8-2-6-16-21(26)17-9-10-18-15-7-4-12-24-11-3-5-14(20(15)24)13-25(18)23(17)28-22(16)19/h2,6,8,14-15,18,20H,3-5,7,9-13H2,1H3/t14-,15+,18+,20-/m0/s1. The molecule has 0 bridgehead atoms. The largest absolute Gasteiger partial charge is 0.493 e. The van der Waals surface area contributed by atoms with Crippen LogP contribution in [0.3, 0.4) is 0 Å². The maximum atomic E-state index is 13.3. The summed E-state index contributed by atoms with van der Waals surface area (Å²) in [6.45, 7) is 3.58. The van der Waals surface area contributed by atoms with E-state index in [2.05, 4.69) is 9.80 Å². The molecule has 5 heterocycles. The summed E-state index contributed by atoms with van der Waals surface area (Å²) >= 11 is 0. The van der Waals surface area contributed by atoms with Crippen molar-refractivity contribution in [2.75, 3.05) is 31.6 Å². The summed E-state index contributed by atoms with van der Waals surface area (Å²) in [6, 6.07) is 6.87. The van der Waals surface area contributed by atoms with Crippen LogP contribution in [0.4, 0.5) is 5.88 Å². The van der Waals surface area contributed by atoms with Gasteiger partial charge in [0.1, 0.15) is 0 Å². The molecule has 0 aliphatic carbocycles. The Labute approximate surface area is 165 Å². The number of ether oxygens (including phenoxy) is 1. The number of nitrogens with zero attached hydrogens (tertiary/aromatic N) is 2. The van der Waals surface area contributed by atoms with Crippen LogP contribution in [0, 0.1) is 11.8 Å². The van der Waals surface area contributed by atoms with E-state index in [9.17, 15) is 4.79 Å². The van der Waals surface area contributed by atoms with Gasteiger partial charge in [-0.05, 0) is 75.6 Å². The van der Waals surface area contributed by atoms with Crippen LogP contribution >= 0.6 is 0 Å². The van der Waals surface area contributed by atoms with E-state index in [1.807, 2.05) is 18.2 Å². The summed E-state index contributed by atoms with van der Waals surface area (Å²) in [4.78, 5) is 18.5. The zero-order chi connectivity index (χ0) is 18.8. The Hall–Kier alpha value is -2.01. The molecule has 4 aliphatic rings. The van der Waals surface area contributed by atoms with Gasteiger partial charge >= 0.3 is 0 Å². The molecule has 4 atom stereocenters. The van der Waals surface area contributed by atoms with Crippen molar-refractivity contribution in [1.29, 1.82) is 0 Å². The van der Waals surface area contributed by atoms with Gasteiger partial charge in [-0.15, -0.1) is 0 Å². The molecule has 0 saturated carbocycles. The van der Waals surface area contributed by atoms with Crippen LogP contribution in [0.25, 0.3) is 11.0 Å². The van der Waals surface area contributed by atoms with E-state index in [0.717, 1.165) is 36.9 Å². The molecule has 0 radical (unpaired) electrons. The zero-order valence-electron chi connectivity index (χ0n) is 16.5. The lowest BCUT2D eigenvalue weighted by Crippen LogP contribution is -2.65. The van der Waals surface area contributed by atoms with E-state index >= 15 is 0 Å². The van der Waals surface area contributed by atoms with Gasteiger partial charge in [-0.1, -0.05) is 6.07 Å². The maximum absolute atomic E-state index is 13.3. The number of fused-ring (bicyclic) bond motifs is 5. The molecule has 4 aliphatic heterocycles. The van der Waals surface area contributed by atoms with Crippen molar-refractivity contribution >= 4 is 16.9 Å².